The highest BCUT2D eigenvalue weighted by molar-refractivity contribution is 7.13. The molecule has 0 fully saturated rings. The highest BCUT2D eigenvalue weighted by Crippen LogP contribution is 2.18. The molecular weight excluding hydrogens is 268 g/mol. The van der Waals surface area contributed by atoms with E-state index in [0.717, 1.165) is 22.1 Å². The van der Waals surface area contributed by atoms with Crippen LogP contribution in [0.2, 0.25) is 0 Å². The predicted molar refractivity (Wildman–Crippen MR) is 84.1 cm³/mol. The van der Waals surface area contributed by atoms with Gasteiger partial charge in [0.15, 0.2) is 0 Å². The molecule has 3 rings (SSSR count). The number of nitrogens with two attached hydrogens (primary N) is 1. The van der Waals surface area contributed by atoms with Crippen LogP contribution in [0.4, 0.5) is 0 Å². The molecule has 1 heterocycles. The maximum atomic E-state index is 12.2. The fourth-order valence-corrected chi connectivity index (χ4v) is 3.30. The Morgan fingerprint density at radius 2 is 1.75 bits per heavy atom. The summed E-state index contributed by atoms with van der Waals surface area (Å²) in [6.07, 6.45) is 0.761. The van der Waals surface area contributed by atoms with Gasteiger partial charge in [-0.15, -0.1) is 0 Å². The molecule has 0 saturated heterocycles. The van der Waals surface area contributed by atoms with Crippen LogP contribution in [0.3, 0.4) is 0 Å². The topological polar surface area (TPSA) is 48.0 Å². The van der Waals surface area contributed by atoms with Gasteiger partial charge in [0.05, 0.1) is 10.1 Å². The van der Waals surface area contributed by atoms with Gasteiger partial charge < -0.3 is 5.73 Å². The number of hydrogen-bond acceptors (Lipinski definition) is 3. The average molecular weight is 284 g/mol. The molecule has 0 aliphatic heterocycles. The number of aromatic nitrogens is 1. The van der Waals surface area contributed by atoms with E-state index in [2.05, 4.69) is 0 Å². The van der Waals surface area contributed by atoms with Crippen LogP contribution in [-0.4, -0.2) is 3.96 Å². The van der Waals surface area contributed by atoms with Gasteiger partial charge in [0.1, 0.15) is 0 Å². The Balaban J connectivity index is 1.77. The molecule has 3 nitrogen and oxygen atoms in total. The smallest absolute Gasteiger partial charge is 0.268 e. The lowest BCUT2D eigenvalue weighted by atomic mass is 10.1. The van der Waals surface area contributed by atoms with Crippen LogP contribution in [0.1, 0.15) is 18.0 Å². The normalized spacial score (nSPS) is 12.7. The van der Waals surface area contributed by atoms with E-state index >= 15 is 0 Å². The minimum absolute atomic E-state index is 0.0340. The van der Waals surface area contributed by atoms with Crippen LogP contribution in [0, 0.1) is 0 Å². The zero-order valence-electron chi connectivity index (χ0n) is 11.0. The Morgan fingerprint density at radius 3 is 2.50 bits per heavy atom. The molecule has 2 N–H and O–H groups in total. The predicted octanol–water partition coefficient (Wildman–Crippen LogP) is 3.15. The maximum absolute atomic E-state index is 12.2. The van der Waals surface area contributed by atoms with Crippen molar-refractivity contribution in [3.8, 4) is 0 Å². The molecule has 1 aromatic heterocycles. The molecule has 1 atom stereocenters. The van der Waals surface area contributed by atoms with Gasteiger partial charge in [-0.25, -0.2) is 0 Å². The van der Waals surface area contributed by atoms with Crippen molar-refractivity contribution < 1.29 is 0 Å². The molecule has 102 valence electrons. The first-order chi connectivity index (χ1) is 9.75. The Kier molecular flexibility index (Phi) is 3.67. The maximum Gasteiger partial charge on any atom is 0.268 e. The zero-order valence-corrected chi connectivity index (χ0v) is 11.8. The Morgan fingerprint density at radius 1 is 1.05 bits per heavy atom. The first kappa shape index (κ1) is 13.1. The molecule has 2 aromatic carbocycles. The third-order valence-electron chi connectivity index (χ3n) is 3.42. The highest BCUT2D eigenvalue weighted by Gasteiger charge is 2.09. The Hall–Kier alpha value is -1.91. The molecule has 0 aliphatic carbocycles. The second-order valence-electron chi connectivity index (χ2n) is 4.80. The van der Waals surface area contributed by atoms with Gasteiger partial charge in [0.25, 0.3) is 5.56 Å². The molecule has 4 heteroatoms. The summed E-state index contributed by atoms with van der Waals surface area (Å²) >= 11 is 1.51. The van der Waals surface area contributed by atoms with Crippen molar-refractivity contribution in [2.24, 2.45) is 5.73 Å². The van der Waals surface area contributed by atoms with Crippen molar-refractivity contribution in [3.05, 3.63) is 70.5 Å². The van der Waals surface area contributed by atoms with E-state index in [4.69, 9.17) is 5.73 Å². The highest BCUT2D eigenvalue weighted by atomic mass is 32.1. The molecule has 0 bridgehead atoms. The van der Waals surface area contributed by atoms with E-state index in [1.54, 1.807) is 3.96 Å². The van der Waals surface area contributed by atoms with Crippen LogP contribution in [0.15, 0.2) is 59.4 Å². The summed E-state index contributed by atoms with van der Waals surface area (Å²) in [5.74, 6) is 0. The third-order valence-corrected chi connectivity index (χ3v) is 4.54. The van der Waals surface area contributed by atoms with Crippen molar-refractivity contribution in [2.45, 2.75) is 19.0 Å². The summed E-state index contributed by atoms with van der Waals surface area (Å²) in [6.45, 7) is 0.661. The minimum Gasteiger partial charge on any atom is -0.324 e. The molecule has 0 aliphatic rings. The second-order valence-corrected chi connectivity index (χ2v) is 5.86. The minimum atomic E-state index is -0.0340. The summed E-state index contributed by atoms with van der Waals surface area (Å²) in [7, 11) is 0. The van der Waals surface area contributed by atoms with Crippen molar-refractivity contribution in [1.29, 1.82) is 0 Å². The quantitative estimate of drug-likeness (QED) is 0.800. The second kappa shape index (κ2) is 5.61. The van der Waals surface area contributed by atoms with E-state index in [0.29, 0.717) is 6.54 Å². The van der Waals surface area contributed by atoms with Crippen molar-refractivity contribution >= 4 is 21.6 Å². The number of benzene rings is 2. The van der Waals surface area contributed by atoms with Crippen molar-refractivity contribution in [1.82, 2.24) is 3.96 Å². The lowest BCUT2D eigenvalue weighted by Crippen LogP contribution is -2.18. The van der Waals surface area contributed by atoms with Crippen molar-refractivity contribution in [2.75, 3.05) is 0 Å². The summed E-state index contributed by atoms with van der Waals surface area (Å²) in [4.78, 5) is 12.2. The van der Waals surface area contributed by atoms with Gasteiger partial charge in [-0.3, -0.25) is 8.75 Å². The average Bonchev–Trinajstić information content (AvgIpc) is 2.83. The molecule has 0 radical (unpaired) electrons. The molecule has 0 spiro atoms. The molecular formula is C16H16N2OS. The fraction of sp³-hybridized carbons (Fsp3) is 0.188. The zero-order chi connectivity index (χ0) is 13.9. The molecule has 0 amide bonds. The number of hydrogen-bond donors (Lipinski definition) is 1. The van der Waals surface area contributed by atoms with Gasteiger partial charge in [-0.05, 0) is 24.1 Å². The Labute approximate surface area is 121 Å². The molecule has 20 heavy (non-hydrogen) atoms. The number of rotatable bonds is 4. The Bertz CT molecular complexity index is 761. The number of nitrogens with zero attached hydrogens (tertiary/aromatic N) is 1. The summed E-state index contributed by atoms with van der Waals surface area (Å²) in [5.41, 5.74) is 7.38. The SMILES string of the molecule is NC(CCn1sc2ccccc2c1=O)c1ccccc1. The van der Waals surface area contributed by atoms with E-state index in [1.165, 1.54) is 11.5 Å². The van der Waals surface area contributed by atoms with Crippen LogP contribution in [0.5, 0.6) is 0 Å². The van der Waals surface area contributed by atoms with Gasteiger partial charge in [0, 0.05) is 12.6 Å². The number of aryl methyl sites for hydroxylation is 1. The van der Waals surface area contributed by atoms with Crippen LogP contribution >= 0.6 is 11.5 Å². The third kappa shape index (κ3) is 2.53. The van der Waals surface area contributed by atoms with E-state index in [1.807, 2.05) is 54.6 Å². The van der Waals surface area contributed by atoms with Crippen LogP contribution < -0.4 is 11.3 Å². The first-order valence-corrected chi connectivity index (χ1v) is 7.42. The largest absolute Gasteiger partial charge is 0.324 e. The van der Waals surface area contributed by atoms with Gasteiger partial charge >= 0.3 is 0 Å². The van der Waals surface area contributed by atoms with Gasteiger partial charge in [-0.2, -0.15) is 0 Å². The molecule has 1 unspecified atom stereocenters. The summed E-state index contributed by atoms with van der Waals surface area (Å²) < 4.78 is 2.83. The molecule has 3 aromatic rings. The number of fused-ring (bicyclic) bond motifs is 1. The van der Waals surface area contributed by atoms with Crippen LogP contribution in [-0.2, 0) is 6.54 Å². The van der Waals surface area contributed by atoms with E-state index in [9.17, 15) is 4.79 Å². The molecule has 0 saturated carbocycles. The van der Waals surface area contributed by atoms with Crippen molar-refractivity contribution in [3.63, 3.8) is 0 Å². The lowest BCUT2D eigenvalue weighted by molar-refractivity contribution is 0.577. The monoisotopic (exact) mass is 284 g/mol. The fourth-order valence-electron chi connectivity index (χ4n) is 2.29. The van der Waals surface area contributed by atoms with Gasteiger partial charge in [0.2, 0.25) is 0 Å². The first-order valence-electron chi connectivity index (χ1n) is 6.65. The standard InChI is InChI=1S/C16H16N2OS/c17-14(12-6-2-1-3-7-12)10-11-18-16(19)13-8-4-5-9-15(13)20-18/h1-9,14H,10-11,17H2. The summed E-state index contributed by atoms with van der Waals surface area (Å²) in [6, 6.07) is 17.7. The summed E-state index contributed by atoms with van der Waals surface area (Å²) in [5, 5.41) is 0.797. The lowest BCUT2D eigenvalue weighted by Gasteiger charge is -2.11. The van der Waals surface area contributed by atoms with Crippen LogP contribution in [0.25, 0.3) is 10.1 Å². The van der Waals surface area contributed by atoms with E-state index in [-0.39, 0.29) is 11.6 Å². The van der Waals surface area contributed by atoms with Gasteiger partial charge in [-0.1, -0.05) is 54.0 Å². The van der Waals surface area contributed by atoms with E-state index < -0.39 is 0 Å².